The van der Waals surface area contributed by atoms with E-state index in [1.54, 1.807) is 0 Å². The molecule has 0 spiro atoms. The number of amides is 1. The third-order valence-corrected chi connectivity index (χ3v) is 2.46. The molecule has 102 valence electrons. The molecule has 0 radical (unpaired) electrons. The predicted molar refractivity (Wildman–Crippen MR) is 69.8 cm³/mol. The molecule has 0 fully saturated rings. The van der Waals surface area contributed by atoms with Gasteiger partial charge in [0.1, 0.15) is 5.75 Å². The van der Waals surface area contributed by atoms with Crippen molar-refractivity contribution >= 4 is 17.3 Å². The monoisotopic (exact) mass is 275 g/mol. The number of nitro groups is 1. The molecule has 0 aliphatic carbocycles. The molecule has 0 saturated carbocycles. The number of anilines is 1. The third-order valence-electron chi connectivity index (χ3n) is 2.46. The first-order chi connectivity index (χ1) is 9.47. The number of aromatic hydroxyl groups is 1. The smallest absolute Gasteiger partial charge is 0.271 e. The number of hydrogen-bond acceptors (Lipinski definition) is 5. The molecule has 1 aromatic carbocycles. The van der Waals surface area contributed by atoms with Gasteiger partial charge < -0.3 is 15.4 Å². The van der Waals surface area contributed by atoms with Crippen LogP contribution >= 0.6 is 0 Å². The zero-order valence-electron chi connectivity index (χ0n) is 9.99. The maximum atomic E-state index is 11.9. The molecule has 20 heavy (non-hydrogen) atoms. The predicted octanol–water partition coefficient (Wildman–Crippen LogP) is 1.24. The lowest BCUT2D eigenvalue weighted by Gasteiger charge is -2.06. The minimum atomic E-state index is -0.695. The van der Waals surface area contributed by atoms with Crippen molar-refractivity contribution in [2.24, 2.45) is 0 Å². The van der Waals surface area contributed by atoms with Gasteiger partial charge in [-0.2, -0.15) is 0 Å². The summed E-state index contributed by atoms with van der Waals surface area (Å²) in [5.41, 5.74) is -0.659. The van der Waals surface area contributed by atoms with Crippen LogP contribution in [0.1, 0.15) is 10.4 Å². The van der Waals surface area contributed by atoms with Gasteiger partial charge in [0.15, 0.2) is 0 Å². The third kappa shape index (κ3) is 2.80. The van der Waals surface area contributed by atoms with Crippen LogP contribution in [0, 0.1) is 10.1 Å². The summed E-state index contributed by atoms with van der Waals surface area (Å²) in [5.74, 6) is -1.17. The first kappa shape index (κ1) is 13.3. The highest BCUT2D eigenvalue weighted by atomic mass is 16.6. The number of nitrogens with one attached hydrogen (secondary N) is 2. The van der Waals surface area contributed by atoms with Crippen LogP contribution in [0.3, 0.4) is 0 Å². The van der Waals surface area contributed by atoms with Gasteiger partial charge >= 0.3 is 0 Å². The van der Waals surface area contributed by atoms with E-state index in [-0.39, 0.29) is 16.9 Å². The van der Waals surface area contributed by atoms with Crippen LogP contribution in [0.15, 0.2) is 41.3 Å². The Balaban J connectivity index is 2.25. The SMILES string of the molecule is O=C(Nc1cccc([N+](=O)[O-])c1)c1c[nH]c(=O)cc1O. The summed E-state index contributed by atoms with van der Waals surface area (Å²) in [6.07, 6.45) is 1.06. The molecule has 0 aliphatic heterocycles. The normalized spacial score (nSPS) is 10.0. The molecule has 0 saturated heterocycles. The van der Waals surface area contributed by atoms with Gasteiger partial charge in [0.05, 0.1) is 10.5 Å². The van der Waals surface area contributed by atoms with E-state index in [1.165, 1.54) is 24.3 Å². The quantitative estimate of drug-likeness (QED) is 0.574. The minimum Gasteiger partial charge on any atom is -0.507 e. The van der Waals surface area contributed by atoms with Crippen molar-refractivity contribution in [2.45, 2.75) is 0 Å². The van der Waals surface area contributed by atoms with Gasteiger partial charge in [0.2, 0.25) is 0 Å². The van der Waals surface area contributed by atoms with Crippen LogP contribution in [-0.2, 0) is 0 Å². The van der Waals surface area contributed by atoms with Gasteiger partial charge in [-0.15, -0.1) is 0 Å². The van der Waals surface area contributed by atoms with Crippen molar-refractivity contribution in [3.8, 4) is 5.75 Å². The number of carbonyl (C=O) groups excluding carboxylic acids is 1. The van der Waals surface area contributed by atoms with Crippen molar-refractivity contribution in [3.05, 3.63) is 62.6 Å². The Labute approximate surface area is 111 Å². The number of pyridine rings is 1. The van der Waals surface area contributed by atoms with E-state index in [0.29, 0.717) is 0 Å². The Morgan fingerprint density at radius 2 is 2.10 bits per heavy atom. The second-order valence-corrected chi connectivity index (χ2v) is 3.86. The van der Waals surface area contributed by atoms with E-state index >= 15 is 0 Å². The number of rotatable bonds is 3. The lowest BCUT2D eigenvalue weighted by atomic mass is 10.2. The summed E-state index contributed by atoms with van der Waals surface area (Å²) in [6, 6.07) is 6.21. The highest BCUT2D eigenvalue weighted by Crippen LogP contribution is 2.19. The van der Waals surface area contributed by atoms with Gasteiger partial charge in [0, 0.05) is 30.1 Å². The van der Waals surface area contributed by atoms with Crippen LogP contribution in [0.5, 0.6) is 5.75 Å². The maximum Gasteiger partial charge on any atom is 0.271 e. The molecular weight excluding hydrogens is 266 g/mol. The Morgan fingerprint density at radius 1 is 1.35 bits per heavy atom. The minimum absolute atomic E-state index is 0.142. The molecule has 2 aromatic rings. The standard InChI is InChI=1S/C12H9N3O5/c16-10-5-11(17)13-6-9(10)12(18)14-7-2-1-3-8(4-7)15(19)20/h1-6H,(H,14,18)(H2,13,16,17). The first-order valence-corrected chi connectivity index (χ1v) is 5.45. The van der Waals surface area contributed by atoms with E-state index < -0.39 is 22.1 Å². The lowest BCUT2D eigenvalue weighted by Crippen LogP contribution is -2.15. The van der Waals surface area contributed by atoms with Crippen molar-refractivity contribution < 1.29 is 14.8 Å². The molecule has 1 aromatic heterocycles. The average Bonchev–Trinajstić information content (AvgIpc) is 2.38. The number of H-pyrrole nitrogens is 1. The zero-order valence-corrected chi connectivity index (χ0v) is 9.99. The van der Waals surface area contributed by atoms with Crippen molar-refractivity contribution in [1.29, 1.82) is 0 Å². The Morgan fingerprint density at radius 3 is 2.75 bits per heavy atom. The second-order valence-electron chi connectivity index (χ2n) is 3.86. The molecule has 8 heteroatoms. The number of carbonyl (C=O) groups is 1. The first-order valence-electron chi connectivity index (χ1n) is 5.45. The summed E-state index contributed by atoms with van der Waals surface area (Å²) in [7, 11) is 0. The number of non-ortho nitro benzene ring substituents is 1. The number of nitrogens with zero attached hydrogens (tertiary/aromatic N) is 1. The van der Waals surface area contributed by atoms with Gasteiger partial charge in [-0.25, -0.2) is 0 Å². The Hall–Kier alpha value is -3.16. The van der Waals surface area contributed by atoms with Crippen molar-refractivity contribution in [3.63, 3.8) is 0 Å². The number of hydrogen-bond donors (Lipinski definition) is 3. The van der Waals surface area contributed by atoms with Crippen molar-refractivity contribution in [1.82, 2.24) is 4.98 Å². The van der Waals surface area contributed by atoms with Crippen LogP contribution in [0.2, 0.25) is 0 Å². The van der Waals surface area contributed by atoms with Crippen LogP contribution in [0.25, 0.3) is 0 Å². The zero-order chi connectivity index (χ0) is 14.7. The van der Waals surface area contributed by atoms with Crippen LogP contribution in [0.4, 0.5) is 11.4 Å². The topological polar surface area (TPSA) is 125 Å². The summed E-state index contributed by atoms with van der Waals surface area (Å²) in [4.78, 5) is 35.1. The Bertz CT molecular complexity index is 738. The van der Waals surface area contributed by atoms with Crippen LogP contribution in [-0.4, -0.2) is 20.9 Å². The molecular formula is C12H9N3O5. The van der Waals surface area contributed by atoms with Crippen molar-refractivity contribution in [2.75, 3.05) is 5.32 Å². The van der Waals surface area contributed by atoms with E-state index in [1.807, 2.05) is 0 Å². The molecule has 0 bridgehead atoms. The molecule has 3 N–H and O–H groups in total. The fourth-order valence-corrected chi connectivity index (χ4v) is 1.54. The fraction of sp³-hybridized carbons (Fsp3) is 0. The van der Waals surface area contributed by atoms with Crippen LogP contribution < -0.4 is 10.9 Å². The Kier molecular flexibility index (Phi) is 3.47. The lowest BCUT2D eigenvalue weighted by molar-refractivity contribution is -0.384. The number of benzene rings is 1. The largest absolute Gasteiger partial charge is 0.507 e. The summed E-state index contributed by atoms with van der Waals surface area (Å²) in [6.45, 7) is 0. The van der Waals surface area contributed by atoms with E-state index in [9.17, 15) is 24.8 Å². The summed E-state index contributed by atoms with van der Waals surface area (Å²) >= 11 is 0. The van der Waals surface area contributed by atoms with Gasteiger partial charge in [0.25, 0.3) is 17.2 Å². The highest BCUT2D eigenvalue weighted by molar-refractivity contribution is 6.05. The molecule has 0 atom stereocenters. The second kappa shape index (κ2) is 5.22. The van der Waals surface area contributed by atoms with E-state index in [4.69, 9.17) is 0 Å². The molecule has 2 rings (SSSR count). The number of aromatic amines is 1. The molecule has 0 aliphatic rings. The fourth-order valence-electron chi connectivity index (χ4n) is 1.54. The summed E-state index contributed by atoms with van der Waals surface area (Å²) < 4.78 is 0. The molecule has 1 heterocycles. The summed E-state index contributed by atoms with van der Waals surface area (Å²) in [5, 5.41) is 22.5. The average molecular weight is 275 g/mol. The molecule has 8 nitrogen and oxygen atoms in total. The number of nitro benzene ring substituents is 1. The van der Waals surface area contributed by atoms with E-state index in [0.717, 1.165) is 12.3 Å². The van der Waals surface area contributed by atoms with Gasteiger partial charge in [-0.3, -0.25) is 19.7 Å². The number of aromatic nitrogens is 1. The molecule has 1 amide bonds. The van der Waals surface area contributed by atoms with E-state index in [2.05, 4.69) is 10.3 Å². The molecule has 0 unspecified atom stereocenters. The highest BCUT2D eigenvalue weighted by Gasteiger charge is 2.13. The van der Waals surface area contributed by atoms with Gasteiger partial charge in [-0.1, -0.05) is 6.07 Å². The van der Waals surface area contributed by atoms with Gasteiger partial charge in [-0.05, 0) is 6.07 Å². The maximum absolute atomic E-state index is 11.9.